The zero-order valence-electron chi connectivity index (χ0n) is 13.7. The molecule has 0 heteroatoms. The van der Waals surface area contributed by atoms with E-state index in [4.69, 9.17) is 0 Å². The van der Waals surface area contributed by atoms with E-state index < -0.39 is 0 Å². The third-order valence-corrected chi connectivity index (χ3v) is 5.14. The monoisotopic (exact) mass is 310 g/mol. The highest BCUT2D eigenvalue weighted by molar-refractivity contribution is 5.38. The molecule has 118 valence electrons. The standard InChI is InChI=1S/C24H22/c1-3-11-19(12-4-1)23(21-15-7-8-16-21)24(22-17-9-10-18-22)20-13-5-2-6-14-20/h1-18,21-24H/t23-,24+. The van der Waals surface area contributed by atoms with Gasteiger partial charge in [0.05, 0.1) is 0 Å². The van der Waals surface area contributed by atoms with Gasteiger partial charge in [0, 0.05) is 23.7 Å². The number of benzene rings is 2. The maximum absolute atomic E-state index is 2.34. The fourth-order valence-electron chi connectivity index (χ4n) is 4.07. The van der Waals surface area contributed by atoms with Crippen LogP contribution in [0.4, 0.5) is 0 Å². The van der Waals surface area contributed by atoms with Crippen LogP contribution in [0.1, 0.15) is 23.0 Å². The van der Waals surface area contributed by atoms with E-state index in [0.29, 0.717) is 23.7 Å². The summed E-state index contributed by atoms with van der Waals surface area (Å²) >= 11 is 0. The van der Waals surface area contributed by atoms with Gasteiger partial charge in [0.1, 0.15) is 0 Å². The summed E-state index contributed by atoms with van der Waals surface area (Å²) in [5, 5.41) is 0. The molecule has 0 fully saturated rings. The lowest BCUT2D eigenvalue weighted by molar-refractivity contribution is 0.437. The SMILES string of the molecule is C1=CC([C@@H](c2ccccc2)[C@@H](c2ccccc2)C2C=CC=C2)C=C1. The zero-order valence-corrected chi connectivity index (χ0v) is 13.7. The average molecular weight is 310 g/mol. The molecule has 0 saturated heterocycles. The Bertz CT molecular complexity index is 684. The van der Waals surface area contributed by atoms with E-state index in [1.54, 1.807) is 0 Å². The summed E-state index contributed by atoms with van der Waals surface area (Å²) in [6, 6.07) is 22.0. The lowest BCUT2D eigenvalue weighted by Crippen LogP contribution is -2.22. The Morgan fingerprint density at radius 3 is 1.12 bits per heavy atom. The van der Waals surface area contributed by atoms with Crippen molar-refractivity contribution in [2.75, 3.05) is 0 Å². The van der Waals surface area contributed by atoms with E-state index in [1.165, 1.54) is 11.1 Å². The van der Waals surface area contributed by atoms with E-state index >= 15 is 0 Å². The van der Waals surface area contributed by atoms with Crippen molar-refractivity contribution in [2.45, 2.75) is 11.8 Å². The molecule has 2 aromatic rings. The Hall–Kier alpha value is -2.60. The largest absolute Gasteiger partial charge is 0.0770 e. The van der Waals surface area contributed by atoms with Crippen LogP contribution in [0, 0.1) is 11.8 Å². The number of rotatable bonds is 5. The quantitative estimate of drug-likeness (QED) is 0.631. The Kier molecular flexibility index (Phi) is 4.29. The second-order valence-electron chi connectivity index (χ2n) is 6.57. The molecule has 2 aliphatic carbocycles. The first-order valence-electron chi connectivity index (χ1n) is 8.73. The van der Waals surface area contributed by atoms with Gasteiger partial charge in [-0.3, -0.25) is 0 Å². The number of hydrogen-bond donors (Lipinski definition) is 0. The van der Waals surface area contributed by atoms with Crippen LogP contribution in [0.15, 0.2) is 109 Å². The molecule has 0 saturated carbocycles. The molecule has 24 heavy (non-hydrogen) atoms. The normalized spacial score (nSPS) is 19.2. The molecule has 0 unspecified atom stereocenters. The molecule has 0 heterocycles. The molecule has 4 rings (SSSR count). The van der Waals surface area contributed by atoms with Crippen LogP contribution < -0.4 is 0 Å². The van der Waals surface area contributed by atoms with Crippen LogP contribution in [-0.2, 0) is 0 Å². The third-order valence-electron chi connectivity index (χ3n) is 5.14. The molecule has 0 spiro atoms. The molecule has 0 aromatic heterocycles. The Morgan fingerprint density at radius 2 is 0.792 bits per heavy atom. The average Bonchev–Trinajstić information content (AvgIpc) is 3.35. The molecule has 0 bridgehead atoms. The van der Waals surface area contributed by atoms with E-state index in [-0.39, 0.29) is 0 Å². The summed E-state index contributed by atoms with van der Waals surface area (Å²) in [6.07, 6.45) is 18.1. The van der Waals surface area contributed by atoms with Gasteiger partial charge in [-0.05, 0) is 11.1 Å². The van der Waals surface area contributed by atoms with E-state index in [0.717, 1.165) is 0 Å². The van der Waals surface area contributed by atoms with Crippen molar-refractivity contribution in [1.29, 1.82) is 0 Å². The van der Waals surface area contributed by atoms with E-state index in [9.17, 15) is 0 Å². The number of hydrogen-bond acceptors (Lipinski definition) is 0. The minimum atomic E-state index is 0.431. The molecule has 0 N–H and O–H groups in total. The molecule has 0 nitrogen and oxygen atoms in total. The van der Waals surface area contributed by atoms with Gasteiger partial charge >= 0.3 is 0 Å². The van der Waals surface area contributed by atoms with E-state index in [2.05, 4.69) is 109 Å². The van der Waals surface area contributed by atoms with Crippen LogP contribution in [0.25, 0.3) is 0 Å². The van der Waals surface area contributed by atoms with Gasteiger partial charge < -0.3 is 0 Å². The van der Waals surface area contributed by atoms with Gasteiger partial charge in [0.25, 0.3) is 0 Å². The van der Waals surface area contributed by atoms with Gasteiger partial charge in [0.15, 0.2) is 0 Å². The number of allylic oxidation sites excluding steroid dienone is 8. The molecular formula is C24H22. The molecule has 0 aliphatic heterocycles. The maximum atomic E-state index is 2.34. The van der Waals surface area contributed by atoms with Gasteiger partial charge in [-0.1, -0.05) is 109 Å². The van der Waals surface area contributed by atoms with Gasteiger partial charge in [-0.2, -0.15) is 0 Å². The summed E-state index contributed by atoms with van der Waals surface area (Å²) in [4.78, 5) is 0. The van der Waals surface area contributed by atoms with Gasteiger partial charge in [-0.15, -0.1) is 0 Å². The first-order valence-corrected chi connectivity index (χ1v) is 8.73. The lowest BCUT2D eigenvalue weighted by Gasteiger charge is -2.34. The fraction of sp³-hybridized carbons (Fsp3) is 0.167. The predicted molar refractivity (Wildman–Crippen MR) is 102 cm³/mol. The van der Waals surface area contributed by atoms with Crippen molar-refractivity contribution >= 4 is 0 Å². The molecule has 0 radical (unpaired) electrons. The Balaban J connectivity index is 1.82. The molecule has 2 atom stereocenters. The highest BCUT2D eigenvalue weighted by Crippen LogP contribution is 2.46. The van der Waals surface area contributed by atoms with Crippen molar-refractivity contribution < 1.29 is 0 Å². The smallest absolute Gasteiger partial charge is 0.00277 e. The highest BCUT2D eigenvalue weighted by atomic mass is 14.4. The molecule has 0 amide bonds. The van der Waals surface area contributed by atoms with Crippen LogP contribution in [0.3, 0.4) is 0 Å². The fourth-order valence-corrected chi connectivity index (χ4v) is 4.07. The van der Waals surface area contributed by atoms with Gasteiger partial charge in [-0.25, -0.2) is 0 Å². The van der Waals surface area contributed by atoms with Crippen molar-refractivity contribution in [2.24, 2.45) is 11.8 Å². The summed E-state index contributed by atoms with van der Waals surface area (Å²) in [6.45, 7) is 0. The van der Waals surface area contributed by atoms with Crippen molar-refractivity contribution in [1.82, 2.24) is 0 Å². The maximum Gasteiger partial charge on any atom is 0.00277 e. The van der Waals surface area contributed by atoms with Gasteiger partial charge in [0.2, 0.25) is 0 Å². The molecular weight excluding hydrogens is 288 g/mol. The summed E-state index contributed by atoms with van der Waals surface area (Å²) in [5.41, 5.74) is 2.84. The van der Waals surface area contributed by atoms with Crippen molar-refractivity contribution in [3.05, 3.63) is 120 Å². The third kappa shape index (κ3) is 2.92. The van der Waals surface area contributed by atoms with E-state index in [1.807, 2.05) is 0 Å². The van der Waals surface area contributed by atoms with Crippen LogP contribution in [0.5, 0.6) is 0 Å². The highest BCUT2D eigenvalue weighted by Gasteiger charge is 2.34. The first kappa shape index (κ1) is 15.0. The summed E-state index contributed by atoms with van der Waals surface area (Å²) in [5.74, 6) is 1.75. The lowest BCUT2D eigenvalue weighted by atomic mass is 9.69. The van der Waals surface area contributed by atoms with Crippen molar-refractivity contribution in [3.63, 3.8) is 0 Å². The zero-order chi connectivity index (χ0) is 16.2. The first-order chi connectivity index (χ1) is 11.9. The van der Waals surface area contributed by atoms with Crippen LogP contribution in [-0.4, -0.2) is 0 Å². The topological polar surface area (TPSA) is 0 Å². The summed E-state index contributed by atoms with van der Waals surface area (Å²) < 4.78 is 0. The molecule has 2 aliphatic rings. The second-order valence-corrected chi connectivity index (χ2v) is 6.57. The minimum absolute atomic E-state index is 0.431. The van der Waals surface area contributed by atoms with Crippen molar-refractivity contribution in [3.8, 4) is 0 Å². The summed E-state index contributed by atoms with van der Waals surface area (Å²) in [7, 11) is 0. The van der Waals surface area contributed by atoms with Crippen LogP contribution in [0.2, 0.25) is 0 Å². The molecule has 2 aromatic carbocycles. The predicted octanol–water partition coefficient (Wildman–Crippen LogP) is 6.04. The minimum Gasteiger partial charge on any atom is -0.0770 e. The Labute approximate surface area is 144 Å². The Morgan fingerprint density at radius 1 is 0.458 bits per heavy atom. The second kappa shape index (κ2) is 6.88. The van der Waals surface area contributed by atoms with Crippen LogP contribution >= 0.6 is 0 Å².